The molecule has 1 fully saturated rings. The fourth-order valence-electron chi connectivity index (χ4n) is 2.23. The van der Waals surface area contributed by atoms with E-state index in [1.807, 2.05) is 12.1 Å². The minimum absolute atomic E-state index is 0.517. The van der Waals surface area contributed by atoms with E-state index in [-0.39, 0.29) is 0 Å². The lowest BCUT2D eigenvalue weighted by atomic mass is 9.91. The molecular formula is C14H18O4. The summed E-state index contributed by atoms with van der Waals surface area (Å²) in [5, 5.41) is 9.70. The van der Waals surface area contributed by atoms with Gasteiger partial charge in [0.05, 0.1) is 7.11 Å². The molecule has 1 heterocycles. The second kappa shape index (κ2) is 5.98. The fraction of sp³-hybridized carbons (Fsp3) is 0.500. The van der Waals surface area contributed by atoms with E-state index >= 15 is 0 Å². The van der Waals surface area contributed by atoms with Crippen LogP contribution >= 0.6 is 0 Å². The molecule has 0 saturated carbocycles. The number of carbonyl (C=O) groups excluding carboxylic acids is 1. The molecule has 0 radical (unpaired) electrons. The van der Waals surface area contributed by atoms with Crippen LogP contribution in [0, 0.1) is 0 Å². The summed E-state index contributed by atoms with van der Waals surface area (Å²) in [7, 11) is 1.27. The standard InChI is InChI=1S/C14H18O4/c1-17-14(16)13(15)12-4-2-10(3-5-12)11-6-8-18-9-7-11/h2-5,11,13,15H,6-9H2,1H3. The molecule has 2 rings (SSSR count). The molecule has 0 amide bonds. The van der Waals surface area contributed by atoms with Crippen LogP contribution in [0.5, 0.6) is 0 Å². The highest BCUT2D eigenvalue weighted by Crippen LogP contribution is 2.27. The normalized spacial score (nSPS) is 18.3. The number of benzene rings is 1. The third-order valence-electron chi connectivity index (χ3n) is 3.37. The molecule has 4 nitrogen and oxygen atoms in total. The van der Waals surface area contributed by atoms with E-state index in [2.05, 4.69) is 4.74 Å². The van der Waals surface area contributed by atoms with E-state index in [1.54, 1.807) is 12.1 Å². The minimum atomic E-state index is -1.20. The number of rotatable bonds is 3. The van der Waals surface area contributed by atoms with E-state index in [0.717, 1.165) is 26.1 Å². The largest absolute Gasteiger partial charge is 0.467 e. The van der Waals surface area contributed by atoms with Gasteiger partial charge >= 0.3 is 5.97 Å². The van der Waals surface area contributed by atoms with Gasteiger partial charge in [-0.3, -0.25) is 0 Å². The summed E-state index contributed by atoms with van der Waals surface area (Å²) in [5.41, 5.74) is 1.80. The smallest absolute Gasteiger partial charge is 0.339 e. The summed E-state index contributed by atoms with van der Waals surface area (Å²) in [4.78, 5) is 11.2. The molecule has 0 bridgehead atoms. The maximum absolute atomic E-state index is 11.2. The zero-order chi connectivity index (χ0) is 13.0. The van der Waals surface area contributed by atoms with Crippen LogP contribution in [0.25, 0.3) is 0 Å². The maximum Gasteiger partial charge on any atom is 0.339 e. The molecule has 1 aromatic rings. The van der Waals surface area contributed by atoms with Crippen molar-refractivity contribution in [3.05, 3.63) is 35.4 Å². The topological polar surface area (TPSA) is 55.8 Å². The Kier molecular flexibility index (Phi) is 4.33. The molecule has 0 aromatic heterocycles. The van der Waals surface area contributed by atoms with Crippen molar-refractivity contribution in [2.45, 2.75) is 24.9 Å². The van der Waals surface area contributed by atoms with Crippen LogP contribution in [0.4, 0.5) is 0 Å². The number of carbonyl (C=O) groups is 1. The molecule has 98 valence electrons. The lowest BCUT2D eigenvalue weighted by molar-refractivity contribution is -0.150. The molecule has 1 aliphatic rings. The zero-order valence-electron chi connectivity index (χ0n) is 10.5. The fourth-order valence-corrected chi connectivity index (χ4v) is 2.23. The van der Waals surface area contributed by atoms with E-state index in [1.165, 1.54) is 12.7 Å². The maximum atomic E-state index is 11.2. The van der Waals surface area contributed by atoms with E-state index in [9.17, 15) is 9.90 Å². The SMILES string of the molecule is COC(=O)C(O)c1ccc(C2CCOCC2)cc1. The molecular weight excluding hydrogens is 232 g/mol. The van der Waals surface area contributed by atoms with Crippen molar-refractivity contribution in [3.8, 4) is 0 Å². The summed E-state index contributed by atoms with van der Waals surface area (Å²) in [5.74, 6) is -0.114. The van der Waals surface area contributed by atoms with Crippen LogP contribution in [-0.4, -0.2) is 31.4 Å². The van der Waals surface area contributed by atoms with Crippen molar-refractivity contribution < 1.29 is 19.4 Å². The van der Waals surface area contributed by atoms with Gasteiger partial charge in [0, 0.05) is 13.2 Å². The molecule has 4 heteroatoms. The molecule has 1 N–H and O–H groups in total. The number of aliphatic hydroxyl groups is 1. The second-order valence-corrected chi connectivity index (χ2v) is 4.48. The Labute approximate surface area is 107 Å². The van der Waals surface area contributed by atoms with Crippen molar-refractivity contribution in [2.24, 2.45) is 0 Å². The Balaban J connectivity index is 2.07. The van der Waals surface area contributed by atoms with Gasteiger partial charge < -0.3 is 14.6 Å². The first-order chi connectivity index (χ1) is 8.72. The molecule has 1 aromatic carbocycles. The molecule has 1 aliphatic heterocycles. The second-order valence-electron chi connectivity index (χ2n) is 4.48. The summed E-state index contributed by atoms with van der Waals surface area (Å²) in [6.45, 7) is 1.61. The third kappa shape index (κ3) is 2.89. The first-order valence-electron chi connectivity index (χ1n) is 6.16. The van der Waals surface area contributed by atoms with Crippen molar-refractivity contribution >= 4 is 5.97 Å². The summed E-state index contributed by atoms with van der Waals surface area (Å²) >= 11 is 0. The molecule has 0 spiro atoms. The van der Waals surface area contributed by atoms with Crippen molar-refractivity contribution in [1.82, 2.24) is 0 Å². The van der Waals surface area contributed by atoms with Crippen molar-refractivity contribution in [1.29, 1.82) is 0 Å². The average Bonchev–Trinajstić information content (AvgIpc) is 2.47. The Morgan fingerprint density at radius 3 is 2.50 bits per heavy atom. The minimum Gasteiger partial charge on any atom is -0.467 e. The number of aliphatic hydroxyl groups excluding tert-OH is 1. The van der Waals surface area contributed by atoms with E-state index < -0.39 is 12.1 Å². The first-order valence-corrected chi connectivity index (χ1v) is 6.16. The van der Waals surface area contributed by atoms with E-state index in [0.29, 0.717) is 11.5 Å². The number of hydrogen-bond acceptors (Lipinski definition) is 4. The number of hydrogen-bond donors (Lipinski definition) is 1. The molecule has 1 saturated heterocycles. The number of ether oxygens (including phenoxy) is 2. The van der Waals surface area contributed by atoms with Crippen molar-refractivity contribution in [2.75, 3.05) is 20.3 Å². The van der Waals surface area contributed by atoms with Crippen LogP contribution in [0.2, 0.25) is 0 Å². The Morgan fingerprint density at radius 1 is 1.33 bits per heavy atom. The monoisotopic (exact) mass is 250 g/mol. The Morgan fingerprint density at radius 2 is 1.94 bits per heavy atom. The summed E-state index contributed by atoms with van der Waals surface area (Å²) in [6.07, 6.45) is 0.858. The van der Waals surface area contributed by atoms with Gasteiger partial charge in [-0.25, -0.2) is 4.79 Å². The molecule has 1 unspecified atom stereocenters. The van der Waals surface area contributed by atoms with Gasteiger partial charge in [-0.15, -0.1) is 0 Å². The Hall–Kier alpha value is -1.39. The highest BCUT2D eigenvalue weighted by Gasteiger charge is 2.19. The summed E-state index contributed by atoms with van der Waals surface area (Å²) in [6, 6.07) is 7.51. The highest BCUT2D eigenvalue weighted by molar-refractivity contribution is 5.76. The first kappa shape index (κ1) is 13.1. The lowest BCUT2D eigenvalue weighted by Gasteiger charge is -2.22. The lowest BCUT2D eigenvalue weighted by Crippen LogP contribution is -2.15. The predicted octanol–water partition coefficient (Wildman–Crippen LogP) is 1.79. The predicted molar refractivity (Wildman–Crippen MR) is 66.2 cm³/mol. The zero-order valence-corrected chi connectivity index (χ0v) is 10.5. The molecule has 0 aliphatic carbocycles. The number of esters is 1. The van der Waals surface area contributed by atoms with Gasteiger partial charge in [-0.1, -0.05) is 24.3 Å². The van der Waals surface area contributed by atoms with Gasteiger partial charge in [0.15, 0.2) is 6.10 Å². The van der Waals surface area contributed by atoms with Gasteiger partial charge in [0.2, 0.25) is 0 Å². The van der Waals surface area contributed by atoms with Crippen LogP contribution < -0.4 is 0 Å². The summed E-state index contributed by atoms with van der Waals surface area (Å²) < 4.78 is 9.84. The van der Waals surface area contributed by atoms with Crippen LogP contribution in [0.3, 0.4) is 0 Å². The van der Waals surface area contributed by atoms with Gasteiger partial charge in [-0.2, -0.15) is 0 Å². The average molecular weight is 250 g/mol. The highest BCUT2D eigenvalue weighted by atomic mass is 16.5. The van der Waals surface area contributed by atoms with Gasteiger partial charge in [-0.05, 0) is 29.9 Å². The molecule has 18 heavy (non-hydrogen) atoms. The number of methoxy groups -OCH3 is 1. The van der Waals surface area contributed by atoms with Crippen LogP contribution in [0.1, 0.15) is 36.0 Å². The Bertz CT molecular complexity index is 393. The quantitative estimate of drug-likeness (QED) is 0.831. The molecule has 1 atom stereocenters. The third-order valence-corrected chi connectivity index (χ3v) is 3.37. The van der Waals surface area contributed by atoms with Gasteiger partial charge in [0.1, 0.15) is 0 Å². The van der Waals surface area contributed by atoms with E-state index in [4.69, 9.17) is 4.74 Å². The van der Waals surface area contributed by atoms with Crippen molar-refractivity contribution in [3.63, 3.8) is 0 Å². The van der Waals surface area contributed by atoms with Crippen LogP contribution in [-0.2, 0) is 14.3 Å². The van der Waals surface area contributed by atoms with Crippen LogP contribution in [0.15, 0.2) is 24.3 Å². The van der Waals surface area contributed by atoms with Gasteiger partial charge in [0.25, 0.3) is 0 Å².